The number of ether oxygens (including phenoxy) is 3. The van der Waals surface area contributed by atoms with E-state index < -0.39 is 0 Å². The van der Waals surface area contributed by atoms with Crippen molar-refractivity contribution in [2.75, 3.05) is 27.3 Å². The molecule has 0 radical (unpaired) electrons. The van der Waals surface area contributed by atoms with Crippen molar-refractivity contribution in [3.05, 3.63) is 129 Å². The fourth-order valence-electron chi connectivity index (χ4n) is 4.94. The van der Waals surface area contributed by atoms with Gasteiger partial charge in [0.1, 0.15) is 0 Å². The number of benzene rings is 3. The highest BCUT2D eigenvalue weighted by Gasteiger charge is 2.19. The minimum atomic E-state index is -0.346. The van der Waals surface area contributed by atoms with E-state index in [-0.39, 0.29) is 18.0 Å². The molecule has 0 bridgehead atoms. The molecule has 0 saturated heterocycles. The van der Waals surface area contributed by atoms with Crippen molar-refractivity contribution in [3.8, 4) is 0 Å². The van der Waals surface area contributed by atoms with Gasteiger partial charge in [-0.15, -0.1) is 0 Å². The third-order valence-electron chi connectivity index (χ3n) is 7.47. The van der Waals surface area contributed by atoms with E-state index in [1.54, 1.807) is 23.5 Å². The Balaban J connectivity index is 1.40. The summed E-state index contributed by atoms with van der Waals surface area (Å²) in [4.78, 5) is 25.9. The summed E-state index contributed by atoms with van der Waals surface area (Å²) in [7, 11) is 2.81. The smallest absolute Gasteiger partial charge is 0.337 e. The molecule has 1 atom stereocenters. The largest absolute Gasteiger partial charge is 0.469 e. The molecule has 1 aromatic heterocycles. The van der Waals surface area contributed by atoms with Gasteiger partial charge in [-0.05, 0) is 89.0 Å². The predicted octanol–water partition coefficient (Wildman–Crippen LogP) is 7.42. The number of aryl methyl sites for hydroxylation is 2. The Bertz CT molecular complexity index is 1370. The third-order valence-corrected chi connectivity index (χ3v) is 8.17. The van der Waals surface area contributed by atoms with Gasteiger partial charge in [0.25, 0.3) is 0 Å². The van der Waals surface area contributed by atoms with Crippen LogP contribution in [0, 0.1) is 0 Å². The molecule has 0 aliphatic heterocycles. The molecule has 0 aliphatic carbocycles. The Hall–Kier alpha value is -3.78. The molecule has 7 heteroatoms. The first-order valence-corrected chi connectivity index (χ1v) is 15.7. The first-order chi connectivity index (χ1) is 21.0. The van der Waals surface area contributed by atoms with E-state index in [0.717, 1.165) is 48.9 Å². The van der Waals surface area contributed by atoms with Crippen LogP contribution < -0.4 is 0 Å². The van der Waals surface area contributed by atoms with Crippen molar-refractivity contribution in [2.24, 2.45) is 0 Å². The summed E-state index contributed by atoms with van der Waals surface area (Å²) in [5.41, 5.74) is 6.59. The molecule has 6 nitrogen and oxygen atoms in total. The van der Waals surface area contributed by atoms with Gasteiger partial charge in [-0.2, -0.15) is 11.3 Å². The number of thiophene rings is 1. The van der Waals surface area contributed by atoms with Crippen molar-refractivity contribution >= 4 is 23.3 Å². The van der Waals surface area contributed by atoms with Crippen molar-refractivity contribution in [1.29, 1.82) is 0 Å². The molecule has 3 aromatic carbocycles. The van der Waals surface area contributed by atoms with Gasteiger partial charge in [0.05, 0.1) is 32.5 Å². The summed E-state index contributed by atoms with van der Waals surface area (Å²) in [5.74, 6) is -0.531. The van der Waals surface area contributed by atoms with Gasteiger partial charge in [-0.25, -0.2) is 4.79 Å². The maximum absolute atomic E-state index is 11.9. The molecule has 0 saturated carbocycles. The molecular formula is C36H41NO5S. The maximum atomic E-state index is 11.9. The Morgan fingerprint density at radius 2 is 1.44 bits per heavy atom. The van der Waals surface area contributed by atoms with Crippen molar-refractivity contribution < 1.29 is 23.8 Å². The van der Waals surface area contributed by atoms with E-state index in [4.69, 9.17) is 14.2 Å². The van der Waals surface area contributed by atoms with Crippen LogP contribution in [-0.4, -0.2) is 44.1 Å². The van der Waals surface area contributed by atoms with Gasteiger partial charge >= 0.3 is 11.9 Å². The first-order valence-electron chi connectivity index (χ1n) is 14.8. The van der Waals surface area contributed by atoms with Gasteiger partial charge in [0, 0.05) is 19.5 Å². The number of unbranched alkanes of at least 4 members (excludes halogenated alkanes) is 1. The molecule has 0 N–H and O–H groups in total. The predicted molar refractivity (Wildman–Crippen MR) is 171 cm³/mol. The molecule has 226 valence electrons. The van der Waals surface area contributed by atoms with Gasteiger partial charge < -0.3 is 14.2 Å². The summed E-state index contributed by atoms with van der Waals surface area (Å²) < 4.78 is 16.2. The van der Waals surface area contributed by atoms with Crippen LogP contribution in [0.15, 0.2) is 95.7 Å². The van der Waals surface area contributed by atoms with E-state index >= 15 is 0 Å². The van der Waals surface area contributed by atoms with Crippen LogP contribution in [0.4, 0.5) is 0 Å². The average molecular weight is 600 g/mol. The lowest BCUT2D eigenvalue weighted by Gasteiger charge is -2.28. The zero-order valence-electron chi connectivity index (χ0n) is 25.1. The molecule has 0 aliphatic rings. The topological polar surface area (TPSA) is 65.1 Å². The van der Waals surface area contributed by atoms with Crippen LogP contribution in [0.5, 0.6) is 0 Å². The summed E-state index contributed by atoms with van der Waals surface area (Å²) >= 11 is 1.67. The van der Waals surface area contributed by atoms with Crippen LogP contribution in [0.3, 0.4) is 0 Å². The second-order valence-corrected chi connectivity index (χ2v) is 11.4. The molecule has 0 spiro atoms. The van der Waals surface area contributed by atoms with Gasteiger partial charge in [-0.1, -0.05) is 66.7 Å². The Morgan fingerprint density at radius 3 is 2.09 bits per heavy atom. The van der Waals surface area contributed by atoms with Crippen LogP contribution in [-0.2, 0) is 45.0 Å². The average Bonchev–Trinajstić information content (AvgIpc) is 3.60. The van der Waals surface area contributed by atoms with Crippen LogP contribution >= 0.6 is 11.3 Å². The zero-order chi connectivity index (χ0) is 30.3. The Labute approximate surface area is 259 Å². The molecule has 1 unspecified atom stereocenters. The number of carbonyl (C=O) groups excluding carboxylic acids is 2. The van der Waals surface area contributed by atoms with Crippen molar-refractivity contribution in [3.63, 3.8) is 0 Å². The highest BCUT2D eigenvalue weighted by molar-refractivity contribution is 7.07. The minimum Gasteiger partial charge on any atom is -0.469 e. The Kier molecular flexibility index (Phi) is 13.0. The van der Waals surface area contributed by atoms with Gasteiger partial charge in [0.15, 0.2) is 0 Å². The number of hydrogen-bond acceptors (Lipinski definition) is 7. The molecule has 4 rings (SSSR count). The van der Waals surface area contributed by atoms with Crippen LogP contribution in [0.1, 0.15) is 63.5 Å². The quantitative estimate of drug-likeness (QED) is 0.0930. The summed E-state index contributed by atoms with van der Waals surface area (Å²) in [6.07, 6.45) is 3.94. The number of methoxy groups -OCH3 is 2. The minimum absolute atomic E-state index is 0.112. The summed E-state index contributed by atoms with van der Waals surface area (Å²) in [6.45, 7) is 2.71. The lowest BCUT2D eigenvalue weighted by molar-refractivity contribution is -0.140. The highest BCUT2D eigenvalue weighted by atomic mass is 32.1. The number of hydrogen-bond donors (Lipinski definition) is 0. The fourth-order valence-corrected chi connectivity index (χ4v) is 5.65. The van der Waals surface area contributed by atoms with Crippen LogP contribution in [0.2, 0.25) is 0 Å². The standard InChI is InChI=1S/C36H41NO5S/c1-40-35(38)10-6-7-22-37(24-30-17-19-32(20-18-30)36(39)41-2)25-34(33-21-23-43-27-33)42-26-31-15-13-29(14-16-31)12-11-28-8-4-3-5-9-28/h3-5,8-9,13-21,23,27,34H,6-7,10-12,22,24-26H2,1-2H3. The molecule has 0 fully saturated rings. The number of nitrogens with zero attached hydrogens (tertiary/aromatic N) is 1. The van der Waals surface area contributed by atoms with E-state index in [9.17, 15) is 9.59 Å². The summed E-state index contributed by atoms with van der Waals surface area (Å²) in [6, 6.07) is 29.0. The monoisotopic (exact) mass is 599 g/mol. The lowest BCUT2D eigenvalue weighted by atomic mass is 10.0. The molecular weight excluding hydrogens is 558 g/mol. The second kappa shape index (κ2) is 17.4. The number of rotatable bonds is 17. The van der Waals surface area contributed by atoms with E-state index in [0.29, 0.717) is 31.7 Å². The molecule has 43 heavy (non-hydrogen) atoms. The number of carbonyl (C=O) groups is 2. The SMILES string of the molecule is COC(=O)CCCCN(Cc1ccc(C(=O)OC)cc1)CC(OCc1ccc(CCc2ccccc2)cc1)c1ccsc1. The van der Waals surface area contributed by atoms with Gasteiger partial charge in [-0.3, -0.25) is 9.69 Å². The van der Waals surface area contributed by atoms with Gasteiger partial charge in [0.2, 0.25) is 0 Å². The third kappa shape index (κ3) is 10.8. The second-order valence-electron chi connectivity index (χ2n) is 10.6. The van der Waals surface area contributed by atoms with Crippen LogP contribution in [0.25, 0.3) is 0 Å². The van der Waals surface area contributed by atoms with E-state index in [1.807, 2.05) is 12.1 Å². The van der Waals surface area contributed by atoms with E-state index in [2.05, 4.69) is 76.3 Å². The molecule has 4 aromatic rings. The summed E-state index contributed by atoms with van der Waals surface area (Å²) in [5, 5.41) is 4.23. The normalized spacial score (nSPS) is 11.8. The lowest BCUT2D eigenvalue weighted by Crippen LogP contribution is -2.30. The highest BCUT2D eigenvalue weighted by Crippen LogP contribution is 2.25. The van der Waals surface area contributed by atoms with Crippen molar-refractivity contribution in [2.45, 2.75) is 51.4 Å². The Morgan fingerprint density at radius 1 is 0.767 bits per heavy atom. The molecule has 1 heterocycles. The van der Waals surface area contributed by atoms with E-state index in [1.165, 1.54) is 25.3 Å². The maximum Gasteiger partial charge on any atom is 0.337 e. The molecule has 0 amide bonds. The first kappa shape index (κ1) is 32.1. The zero-order valence-corrected chi connectivity index (χ0v) is 25.9. The van der Waals surface area contributed by atoms with Crippen molar-refractivity contribution in [1.82, 2.24) is 4.90 Å². The fraction of sp³-hybridized carbons (Fsp3) is 0.333. The number of esters is 2.